The SMILES string of the molecule is Cc1ccc(C)c(C2=NC3=CCCC=C3B2)c1. The normalized spacial score (nSPS) is 17.9. The number of fused-ring (bicyclic) bond motifs is 1. The van der Waals surface area contributed by atoms with Gasteiger partial charge in [0.25, 0.3) is 0 Å². The van der Waals surface area contributed by atoms with Crippen molar-refractivity contribution in [1.82, 2.24) is 0 Å². The predicted molar refractivity (Wildman–Crippen MR) is 75.0 cm³/mol. The molecule has 0 amide bonds. The van der Waals surface area contributed by atoms with Gasteiger partial charge in [-0.05, 0) is 37.8 Å². The van der Waals surface area contributed by atoms with Crippen molar-refractivity contribution >= 4 is 12.9 Å². The summed E-state index contributed by atoms with van der Waals surface area (Å²) in [5, 5.41) is 0. The summed E-state index contributed by atoms with van der Waals surface area (Å²) in [5.74, 6) is 0. The third kappa shape index (κ3) is 1.88. The Morgan fingerprint density at radius 2 is 1.94 bits per heavy atom. The molecule has 1 nitrogen and oxygen atoms in total. The maximum absolute atomic E-state index is 4.79. The molecular weight excluding hydrogens is 205 g/mol. The highest BCUT2D eigenvalue weighted by Gasteiger charge is 2.22. The van der Waals surface area contributed by atoms with Crippen LogP contribution in [0.2, 0.25) is 0 Å². The lowest BCUT2D eigenvalue weighted by Gasteiger charge is -2.06. The van der Waals surface area contributed by atoms with E-state index in [2.05, 4.69) is 44.2 Å². The molecule has 1 aliphatic heterocycles. The Balaban J connectivity index is 2.04. The van der Waals surface area contributed by atoms with Crippen molar-refractivity contribution in [3.63, 3.8) is 0 Å². The Hall–Kier alpha value is -1.57. The van der Waals surface area contributed by atoms with Crippen LogP contribution in [0.1, 0.15) is 29.5 Å². The minimum Gasteiger partial charge on any atom is -0.264 e. The second-order valence-electron chi connectivity index (χ2n) is 4.95. The van der Waals surface area contributed by atoms with Crippen LogP contribution in [-0.2, 0) is 0 Å². The van der Waals surface area contributed by atoms with E-state index >= 15 is 0 Å². The van der Waals surface area contributed by atoms with E-state index in [1.54, 1.807) is 0 Å². The summed E-state index contributed by atoms with van der Waals surface area (Å²) >= 11 is 0. The van der Waals surface area contributed by atoms with Crippen LogP contribution in [0.5, 0.6) is 0 Å². The molecule has 84 valence electrons. The quantitative estimate of drug-likeness (QED) is 0.646. The van der Waals surface area contributed by atoms with Gasteiger partial charge in [-0.3, -0.25) is 4.99 Å². The molecule has 1 heterocycles. The first-order valence-electron chi connectivity index (χ1n) is 6.29. The third-order valence-electron chi connectivity index (χ3n) is 3.54. The average Bonchev–Trinajstić information content (AvgIpc) is 2.75. The standard InChI is InChI=1S/C15H16BN/c1-10-7-8-11(2)12(9-10)15-16-13-5-3-4-6-14(13)17-15/h5-9,16H,3-4H2,1-2H3. The van der Waals surface area contributed by atoms with Crippen molar-refractivity contribution < 1.29 is 0 Å². The minimum atomic E-state index is 1.01. The van der Waals surface area contributed by atoms with E-state index < -0.39 is 0 Å². The Bertz CT molecular complexity index is 564. The maximum atomic E-state index is 4.79. The van der Waals surface area contributed by atoms with Crippen molar-refractivity contribution in [1.29, 1.82) is 0 Å². The van der Waals surface area contributed by atoms with E-state index in [0.717, 1.165) is 13.7 Å². The molecule has 0 saturated heterocycles. The molecule has 0 radical (unpaired) electrons. The van der Waals surface area contributed by atoms with Gasteiger partial charge in [-0.15, -0.1) is 0 Å². The Kier molecular flexibility index (Phi) is 2.51. The first-order chi connectivity index (χ1) is 8.24. The van der Waals surface area contributed by atoms with E-state index in [9.17, 15) is 0 Å². The number of allylic oxidation sites excluding steroid dienone is 3. The van der Waals surface area contributed by atoms with Crippen LogP contribution in [0.15, 0.2) is 46.5 Å². The molecule has 0 atom stereocenters. The summed E-state index contributed by atoms with van der Waals surface area (Å²) in [7, 11) is 1.01. The summed E-state index contributed by atoms with van der Waals surface area (Å²) in [5.41, 5.74) is 7.84. The topological polar surface area (TPSA) is 12.4 Å². The van der Waals surface area contributed by atoms with E-state index in [4.69, 9.17) is 4.99 Å². The smallest absolute Gasteiger partial charge is 0.219 e. The van der Waals surface area contributed by atoms with E-state index in [1.807, 2.05) is 0 Å². The molecule has 17 heavy (non-hydrogen) atoms. The van der Waals surface area contributed by atoms with E-state index in [1.165, 1.54) is 39.9 Å². The molecule has 3 rings (SSSR count). The molecule has 0 saturated carbocycles. The fourth-order valence-electron chi connectivity index (χ4n) is 2.56. The summed E-state index contributed by atoms with van der Waals surface area (Å²) in [4.78, 5) is 4.79. The molecule has 1 aliphatic carbocycles. The number of nitrogens with zero attached hydrogens (tertiary/aromatic N) is 1. The van der Waals surface area contributed by atoms with Crippen LogP contribution in [0.4, 0.5) is 0 Å². The zero-order valence-electron chi connectivity index (χ0n) is 10.5. The van der Waals surface area contributed by atoms with Gasteiger partial charge in [0.05, 0.1) is 5.70 Å². The van der Waals surface area contributed by atoms with Crippen molar-refractivity contribution in [3.8, 4) is 0 Å². The van der Waals surface area contributed by atoms with Gasteiger partial charge in [0, 0.05) is 5.61 Å². The van der Waals surface area contributed by atoms with Crippen molar-refractivity contribution in [2.45, 2.75) is 26.7 Å². The second kappa shape index (κ2) is 4.03. The monoisotopic (exact) mass is 221 g/mol. The summed E-state index contributed by atoms with van der Waals surface area (Å²) in [6.45, 7) is 4.31. The zero-order chi connectivity index (χ0) is 11.8. The van der Waals surface area contributed by atoms with Gasteiger partial charge < -0.3 is 0 Å². The fourth-order valence-corrected chi connectivity index (χ4v) is 2.56. The second-order valence-corrected chi connectivity index (χ2v) is 4.95. The van der Waals surface area contributed by atoms with Crippen LogP contribution in [0.25, 0.3) is 0 Å². The summed E-state index contributed by atoms with van der Waals surface area (Å²) < 4.78 is 0. The Morgan fingerprint density at radius 1 is 1.12 bits per heavy atom. The molecular formula is C15H16BN. The lowest BCUT2D eigenvalue weighted by molar-refractivity contribution is 1.01. The molecule has 0 bridgehead atoms. The lowest BCUT2D eigenvalue weighted by atomic mass is 9.63. The van der Waals surface area contributed by atoms with E-state index in [0.29, 0.717) is 0 Å². The number of hydrogen-bond acceptors (Lipinski definition) is 1. The third-order valence-corrected chi connectivity index (χ3v) is 3.54. The van der Waals surface area contributed by atoms with Crippen LogP contribution in [-0.4, -0.2) is 12.9 Å². The molecule has 0 spiro atoms. The molecule has 0 N–H and O–H groups in total. The highest BCUT2D eigenvalue weighted by Crippen LogP contribution is 2.27. The van der Waals surface area contributed by atoms with Gasteiger partial charge in [-0.1, -0.05) is 41.4 Å². The van der Waals surface area contributed by atoms with Crippen molar-refractivity contribution in [2.75, 3.05) is 0 Å². The van der Waals surface area contributed by atoms with Crippen molar-refractivity contribution in [2.24, 2.45) is 4.99 Å². The lowest BCUT2D eigenvalue weighted by Crippen LogP contribution is -2.09. The van der Waals surface area contributed by atoms with Crippen LogP contribution >= 0.6 is 0 Å². The van der Waals surface area contributed by atoms with Crippen molar-refractivity contribution in [3.05, 3.63) is 58.2 Å². The average molecular weight is 221 g/mol. The number of benzene rings is 1. The first kappa shape index (κ1) is 10.6. The fraction of sp³-hybridized carbons (Fsp3) is 0.267. The number of aliphatic imine (C=N–C) groups is 1. The molecule has 0 aromatic heterocycles. The molecule has 1 aromatic carbocycles. The predicted octanol–water partition coefficient (Wildman–Crippen LogP) is 3.06. The molecule has 1 aromatic rings. The highest BCUT2D eigenvalue weighted by molar-refractivity contribution is 6.86. The highest BCUT2D eigenvalue weighted by atomic mass is 14.8. The maximum Gasteiger partial charge on any atom is 0.219 e. The zero-order valence-corrected chi connectivity index (χ0v) is 10.5. The minimum absolute atomic E-state index is 1.01. The van der Waals surface area contributed by atoms with Gasteiger partial charge in [0.2, 0.25) is 7.28 Å². The summed E-state index contributed by atoms with van der Waals surface area (Å²) in [6.07, 6.45) is 6.93. The number of rotatable bonds is 1. The largest absolute Gasteiger partial charge is 0.264 e. The van der Waals surface area contributed by atoms with Gasteiger partial charge in [-0.25, -0.2) is 0 Å². The summed E-state index contributed by atoms with van der Waals surface area (Å²) in [6, 6.07) is 6.62. The number of hydrogen-bond donors (Lipinski definition) is 0. The van der Waals surface area contributed by atoms with E-state index in [-0.39, 0.29) is 0 Å². The van der Waals surface area contributed by atoms with Gasteiger partial charge in [-0.2, -0.15) is 0 Å². The molecule has 2 heteroatoms. The van der Waals surface area contributed by atoms with Crippen LogP contribution in [0, 0.1) is 13.8 Å². The first-order valence-corrected chi connectivity index (χ1v) is 6.29. The number of aryl methyl sites for hydroxylation is 2. The molecule has 0 unspecified atom stereocenters. The Labute approximate surface area is 103 Å². The molecule has 2 aliphatic rings. The van der Waals surface area contributed by atoms with Crippen LogP contribution < -0.4 is 0 Å². The Morgan fingerprint density at radius 3 is 2.76 bits per heavy atom. The van der Waals surface area contributed by atoms with Gasteiger partial charge >= 0.3 is 0 Å². The van der Waals surface area contributed by atoms with Gasteiger partial charge in [0.15, 0.2) is 0 Å². The van der Waals surface area contributed by atoms with Gasteiger partial charge in [0.1, 0.15) is 0 Å². The molecule has 0 fully saturated rings. The van der Waals surface area contributed by atoms with Crippen LogP contribution in [0.3, 0.4) is 0 Å².